The first kappa shape index (κ1) is 27.8. The zero-order valence-electron chi connectivity index (χ0n) is 22.0. The molecule has 2 aromatic carbocycles. The Kier molecular flexibility index (Phi) is 10.1. The summed E-state index contributed by atoms with van der Waals surface area (Å²) in [6.07, 6.45) is 4.65. The molecule has 0 aliphatic carbocycles. The van der Waals surface area contributed by atoms with Crippen LogP contribution in [0.25, 0.3) is 0 Å². The monoisotopic (exact) mass is 529 g/mol. The highest BCUT2D eigenvalue weighted by Crippen LogP contribution is 2.22. The van der Waals surface area contributed by atoms with Crippen molar-refractivity contribution in [3.8, 4) is 5.75 Å². The number of aromatic nitrogens is 1. The van der Waals surface area contributed by atoms with Crippen molar-refractivity contribution in [2.75, 3.05) is 13.1 Å². The molecular formula is C31H35N3O5. The number of nitrogens with one attached hydrogen (secondary N) is 1. The van der Waals surface area contributed by atoms with E-state index in [0.717, 1.165) is 29.7 Å². The minimum atomic E-state index is -1.07. The number of ether oxygens (including phenoxy) is 1. The predicted molar refractivity (Wildman–Crippen MR) is 147 cm³/mol. The smallest absolute Gasteiger partial charge is 0.326 e. The number of aryl methyl sites for hydroxylation is 1. The molecule has 1 aliphatic rings. The van der Waals surface area contributed by atoms with Crippen LogP contribution in [0.15, 0.2) is 79.0 Å². The normalized spacial score (nSPS) is 14.4. The number of hydrogen-bond acceptors (Lipinski definition) is 5. The molecule has 204 valence electrons. The molecule has 8 heteroatoms. The molecule has 1 saturated heterocycles. The molecule has 1 aliphatic heterocycles. The van der Waals surface area contributed by atoms with E-state index in [1.54, 1.807) is 6.20 Å². The average Bonchev–Trinajstić information content (AvgIpc) is 2.96. The zero-order chi connectivity index (χ0) is 27.5. The maximum atomic E-state index is 12.7. The van der Waals surface area contributed by atoms with Crippen LogP contribution in [-0.2, 0) is 33.8 Å². The molecule has 1 fully saturated rings. The maximum Gasteiger partial charge on any atom is 0.326 e. The molecule has 0 saturated carbocycles. The number of likely N-dealkylation sites (tertiary alicyclic amines) is 1. The second kappa shape index (κ2) is 14.1. The van der Waals surface area contributed by atoms with E-state index >= 15 is 0 Å². The number of carboxylic acid groups (broad SMARTS) is 1. The Bertz CT molecular complexity index is 1210. The molecule has 0 spiro atoms. The third kappa shape index (κ3) is 8.95. The van der Waals surface area contributed by atoms with Crippen molar-refractivity contribution in [3.63, 3.8) is 0 Å². The predicted octanol–water partition coefficient (Wildman–Crippen LogP) is 4.03. The van der Waals surface area contributed by atoms with Gasteiger partial charge in [0.15, 0.2) is 0 Å². The second-order valence-corrected chi connectivity index (χ2v) is 9.93. The lowest BCUT2D eigenvalue weighted by atomic mass is 9.92. The number of piperidine rings is 1. The highest BCUT2D eigenvalue weighted by molar-refractivity contribution is 5.84. The fourth-order valence-corrected chi connectivity index (χ4v) is 4.74. The van der Waals surface area contributed by atoms with E-state index in [0.29, 0.717) is 38.3 Å². The van der Waals surface area contributed by atoms with Gasteiger partial charge in [0.1, 0.15) is 18.4 Å². The van der Waals surface area contributed by atoms with Crippen molar-refractivity contribution in [2.24, 2.45) is 5.92 Å². The van der Waals surface area contributed by atoms with Crippen LogP contribution in [0.4, 0.5) is 0 Å². The molecule has 1 aromatic heterocycles. The number of benzene rings is 2. The lowest BCUT2D eigenvalue weighted by Crippen LogP contribution is -2.44. The van der Waals surface area contributed by atoms with E-state index in [1.807, 2.05) is 77.7 Å². The van der Waals surface area contributed by atoms with Crippen LogP contribution in [0, 0.1) is 5.92 Å². The van der Waals surface area contributed by atoms with E-state index < -0.39 is 12.0 Å². The van der Waals surface area contributed by atoms with Crippen LogP contribution in [0.1, 0.15) is 42.5 Å². The van der Waals surface area contributed by atoms with Crippen LogP contribution in [0.5, 0.6) is 5.75 Å². The van der Waals surface area contributed by atoms with E-state index in [2.05, 4.69) is 10.3 Å². The summed E-state index contributed by atoms with van der Waals surface area (Å²) < 4.78 is 5.79. The minimum Gasteiger partial charge on any atom is -0.489 e. The topological polar surface area (TPSA) is 109 Å². The van der Waals surface area contributed by atoms with Gasteiger partial charge in [-0.2, -0.15) is 0 Å². The summed E-state index contributed by atoms with van der Waals surface area (Å²) in [6.45, 7) is 1.67. The summed E-state index contributed by atoms with van der Waals surface area (Å²) in [5, 5.41) is 12.4. The van der Waals surface area contributed by atoms with Gasteiger partial charge in [0, 0.05) is 44.2 Å². The standard InChI is InChI=1S/C31H35N3O5/c35-29(21-24-15-18-34(19-16-24)30(36)14-11-26-8-4-5-17-32-26)33-28(31(37)38)20-23-9-12-27(13-10-23)39-22-25-6-2-1-3-7-25/h1-10,12-13,17,24,28H,11,14-16,18-22H2,(H,33,35)(H,37,38)/t28-/m0/s1. The first-order chi connectivity index (χ1) is 19.0. The minimum absolute atomic E-state index is 0.103. The van der Waals surface area contributed by atoms with E-state index in [-0.39, 0.29) is 30.6 Å². The number of hydrogen-bond donors (Lipinski definition) is 2. The average molecular weight is 530 g/mol. The molecule has 39 heavy (non-hydrogen) atoms. The molecule has 0 unspecified atom stereocenters. The number of aliphatic carboxylic acids is 1. The summed E-state index contributed by atoms with van der Waals surface area (Å²) in [5.41, 5.74) is 2.76. The molecule has 2 N–H and O–H groups in total. The van der Waals surface area contributed by atoms with Gasteiger partial charge in [-0.15, -0.1) is 0 Å². The number of carbonyl (C=O) groups is 3. The van der Waals surface area contributed by atoms with Gasteiger partial charge in [-0.3, -0.25) is 14.6 Å². The third-order valence-electron chi connectivity index (χ3n) is 7.01. The van der Waals surface area contributed by atoms with E-state index in [9.17, 15) is 19.5 Å². The van der Waals surface area contributed by atoms with Crippen LogP contribution in [0.3, 0.4) is 0 Å². The quantitative estimate of drug-likeness (QED) is 0.367. The number of carbonyl (C=O) groups excluding carboxylic acids is 2. The van der Waals surface area contributed by atoms with Crippen LogP contribution >= 0.6 is 0 Å². The maximum absolute atomic E-state index is 12.7. The Morgan fingerprint density at radius 2 is 1.67 bits per heavy atom. The van der Waals surface area contributed by atoms with E-state index in [4.69, 9.17) is 4.74 Å². The van der Waals surface area contributed by atoms with Crippen molar-refractivity contribution in [3.05, 3.63) is 95.8 Å². The summed E-state index contributed by atoms with van der Waals surface area (Å²) in [6, 6.07) is 21.8. The summed E-state index contributed by atoms with van der Waals surface area (Å²) >= 11 is 0. The fourth-order valence-electron chi connectivity index (χ4n) is 4.74. The highest BCUT2D eigenvalue weighted by Gasteiger charge is 2.26. The van der Waals surface area contributed by atoms with Crippen LogP contribution in [-0.4, -0.2) is 51.9 Å². The Balaban J connectivity index is 1.18. The molecule has 1 atom stereocenters. The number of carboxylic acids is 1. The molecule has 2 heterocycles. The van der Waals surface area contributed by atoms with Gasteiger partial charge in [-0.1, -0.05) is 48.5 Å². The fraction of sp³-hybridized carbons (Fsp3) is 0.355. The molecule has 2 amide bonds. The molecule has 4 rings (SSSR count). The third-order valence-corrected chi connectivity index (χ3v) is 7.01. The van der Waals surface area contributed by atoms with Gasteiger partial charge < -0.3 is 20.1 Å². The second-order valence-electron chi connectivity index (χ2n) is 9.93. The van der Waals surface area contributed by atoms with Gasteiger partial charge >= 0.3 is 5.97 Å². The molecule has 8 nitrogen and oxygen atoms in total. The number of nitrogens with zero attached hydrogens (tertiary/aromatic N) is 2. The largest absolute Gasteiger partial charge is 0.489 e. The van der Waals surface area contributed by atoms with Gasteiger partial charge in [0.2, 0.25) is 11.8 Å². The SMILES string of the molecule is O=C(CC1CCN(C(=O)CCc2ccccn2)CC1)N[C@@H](Cc1ccc(OCc2ccccc2)cc1)C(=O)O. The number of pyridine rings is 1. The van der Waals surface area contributed by atoms with Crippen LogP contribution < -0.4 is 10.1 Å². The zero-order valence-corrected chi connectivity index (χ0v) is 22.0. The van der Waals surface area contributed by atoms with Gasteiger partial charge in [0.05, 0.1) is 0 Å². The van der Waals surface area contributed by atoms with Crippen molar-refractivity contribution in [2.45, 2.75) is 51.2 Å². The van der Waals surface area contributed by atoms with Crippen molar-refractivity contribution < 1.29 is 24.2 Å². The van der Waals surface area contributed by atoms with Crippen molar-refractivity contribution in [1.29, 1.82) is 0 Å². The number of rotatable bonds is 12. The lowest BCUT2D eigenvalue weighted by molar-refractivity contribution is -0.142. The van der Waals surface area contributed by atoms with Crippen molar-refractivity contribution in [1.82, 2.24) is 15.2 Å². The van der Waals surface area contributed by atoms with E-state index in [1.165, 1.54) is 0 Å². The lowest BCUT2D eigenvalue weighted by Gasteiger charge is -2.32. The molecular weight excluding hydrogens is 494 g/mol. The van der Waals surface area contributed by atoms with Crippen molar-refractivity contribution >= 4 is 17.8 Å². The van der Waals surface area contributed by atoms with Crippen LogP contribution in [0.2, 0.25) is 0 Å². The molecule has 3 aromatic rings. The first-order valence-electron chi connectivity index (χ1n) is 13.4. The Morgan fingerprint density at radius 3 is 2.33 bits per heavy atom. The Labute approximate surface area is 229 Å². The summed E-state index contributed by atoms with van der Waals surface area (Å²) in [7, 11) is 0. The number of amides is 2. The molecule has 0 radical (unpaired) electrons. The Morgan fingerprint density at radius 1 is 0.949 bits per heavy atom. The summed E-state index contributed by atoms with van der Waals surface area (Å²) in [5.74, 6) is -0.419. The van der Waals surface area contributed by atoms with Gasteiger partial charge in [-0.05, 0) is 60.6 Å². The Hall–Kier alpha value is -4.20. The highest BCUT2D eigenvalue weighted by atomic mass is 16.5. The molecule has 0 bridgehead atoms. The van der Waals surface area contributed by atoms with Gasteiger partial charge in [0.25, 0.3) is 0 Å². The van der Waals surface area contributed by atoms with Gasteiger partial charge in [-0.25, -0.2) is 4.79 Å². The summed E-state index contributed by atoms with van der Waals surface area (Å²) in [4.78, 5) is 43.2. The first-order valence-corrected chi connectivity index (χ1v) is 13.4.